The molecule has 0 heterocycles. The Bertz CT molecular complexity index is 726. The van der Waals surface area contributed by atoms with E-state index in [1.807, 2.05) is 20.8 Å². The van der Waals surface area contributed by atoms with Crippen molar-refractivity contribution in [2.75, 3.05) is 5.32 Å². The SMILES string of the molecule is CC1(C)[C@]2(C(=O)Nc3ccc(OC(F)(F)F)cc3)CC[C@]1(C)C(=O)C2. The number of fused-ring (bicyclic) bond motifs is 2. The van der Waals surface area contributed by atoms with Gasteiger partial charge in [-0.3, -0.25) is 9.59 Å². The Morgan fingerprint density at radius 2 is 1.72 bits per heavy atom. The number of hydrogen-bond donors (Lipinski definition) is 1. The molecule has 1 aromatic carbocycles. The van der Waals surface area contributed by atoms with Gasteiger partial charge in [-0.05, 0) is 42.5 Å². The molecule has 0 unspecified atom stereocenters. The lowest BCUT2D eigenvalue weighted by atomic mass is 9.64. The topological polar surface area (TPSA) is 55.4 Å². The van der Waals surface area contributed by atoms with Crippen molar-refractivity contribution >= 4 is 17.4 Å². The fraction of sp³-hybridized carbons (Fsp3) is 0.556. The Labute approximate surface area is 143 Å². The van der Waals surface area contributed by atoms with Gasteiger partial charge in [-0.2, -0.15) is 0 Å². The number of rotatable bonds is 3. The molecule has 1 amide bonds. The highest BCUT2D eigenvalue weighted by Gasteiger charge is 2.72. The summed E-state index contributed by atoms with van der Waals surface area (Å²) in [5, 5.41) is 2.76. The molecule has 2 bridgehead atoms. The van der Waals surface area contributed by atoms with Crippen LogP contribution < -0.4 is 10.1 Å². The minimum Gasteiger partial charge on any atom is -0.406 e. The molecule has 4 nitrogen and oxygen atoms in total. The quantitative estimate of drug-likeness (QED) is 0.879. The van der Waals surface area contributed by atoms with E-state index in [0.717, 1.165) is 12.1 Å². The van der Waals surface area contributed by atoms with E-state index >= 15 is 0 Å². The van der Waals surface area contributed by atoms with Crippen molar-refractivity contribution in [3.05, 3.63) is 24.3 Å². The van der Waals surface area contributed by atoms with Crippen molar-refractivity contribution in [1.29, 1.82) is 0 Å². The first kappa shape index (κ1) is 17.8. The molecule has 2 aliphatic carbocycles. The standard InChI is InChI=1S/C18H20F3NO3/c1-15(2)16(3)8-9-17(15,10-13(16)23)14(24)22-11-4-6-12(7-5-11)25-18(19,20)21/h4-7H,8-10H2,1-3H3,(H,22,24)/t16-,17-/m1/s1. The summed E-state index contributed by atoms with van der Waals surface area (Å²) in [6.45, 7) is 5.82. The lowest BCUT2D eigenvalue weighted by Crippen LogP contribution is -2.43. The molecule has 2 atom stereocenters. The van der Waals surface area contributed by atoms with E-state index in [1.165, 1.54) is 12.1 Å². The summed E-state index contributed by atoms with van der Waals surface area (Å²) < 4.78 is 40.4. The van der Waals surface area contributed by atoms with Crippen molar-refractivity contribution in [3.63, 3.8) is 0 Å². The molecule has 0 aliphatic heterocycles. The van der Waals surface area contributed by atoms with Crippen molar-refractivity contribution in [1.82, 2.24) is 0 Å². The van der Waals surface area contributed by atoms with Crippen LogP contribution in [0, 0.1) is 16.2 Å². The van der Waals surface area contributed by atoms with Crippen LogP contribution in [0.4, 0.5) is 18.9 Å². The van der Waals surface area contributed by atoms with E-state index in [-0.39, 0.29) is 23.9 Å². The summed E-state index contributed by atoms with van der Waals surface area (Å²) in [6, 6.07) is 5.00. The maximum absolute atomic E-state index is 12.9. The van der Waals surface area contributed by atoms with E-state index in [0.29, 0.717) is 18.5 Å². The monoisotopic (exact) mass is 355 g/mol. The van der Waals surface area contributed by atoms with Crippen LogP contribution in [-0.2, 0) is 9.59 Å². The van der Waals surface area contributed by atoms with Crippen LogP contribution in [0.15, 0.2) is 24.3 Å². The molecule has 2 fully saturated rings. The van der Waals surface area contributed by atoms with Crippen LogP contribution >= 0.6 is 0 Å². The second-order valence-corrected chi connectivity index (χ2v) is 7.67. The fourth-order valence-corrected chi connectivity index (χ4v) is 4.35. The molecule has 3 rings (SSSR count). The van der Waals surface area contributed by atoms with Crippen LogP contribution in [-0.4, -0.2) is 18.1 Å². The van der Waals surface area contributed by atoms with Gasteiger partial charge < -0.3 is 10.1 Å². The highest BCUT2D eigenvalue weighted by Crippen LogP contribution is 2.70. The average Bonchev–Trinajstić information content (AvgIpc) is 2.78. The summed E-state index contributed by atoms with van der Waals surface area (Å²) in [5.74, 6) is -0.502. The predicted molar refractivity (Wildman–Crippen MR) is 84.9 cm³/mol. The van der Waals surface area contributed by atoms with Crippen LogP contribution in [0.2, 0.25) is 0 Å². The van der Waals surface area contributed by atoms with Crippen LogP contribution in [0.5, 0.6) is 5.75 Å². The second kappa shape index (κ2) is 5.22. The van der Waals surface area contributed by atoms with Crippen molar-refractivity contribution in [2.24, 2.45) is 16.2 Å². The first-order valence-electron chi connectivity index (χ1n) is 8.12. The lowest BCUT2D eigenvalue weighted by Gasteiger charge is -2.38. The number of ether oxygens (including phenoxy) is 1. The summed E-state index contributed by atoms with van der Waals surface area (Å²) in [5.41, 5.74) is -1.38. The number of anilines is 1. The van der Waals surface area contributed by atoms with Gasteiger partial charge in [0, 0.05) is 17.5 Å². The van der Waals surface area contributed by atoms with Crippen molar-refractivity contribution in [2.45, 2.75) is 46.4 Å². The highest BCUT2D eigenvalue weighted by atomic mass is 19.4. The Morgan fingerprint density at radius 3 is 2.16 bits per heavy atom. The van der Waals surface area contributed by atoms with Gasteiger partial charge in [-0.15, -0.1) is 13.2 Å². The van der Waals surface area contributed by atoms with Crippen LogP contribution in [0.1, 0.15) is 40.0 Å². The highest BCUT2D eigenvalue weighted by molar-refractivity contribution is 6.04. The van der Waals surface area contributed by atoms with E-state index in [2.05, 4.69) is 10.1 Å². The molecule has 25 heavy (non-hydrogen) atoms. The van der Waals surface area contributed by atoms with Gasteiger partial charge in [-0.25, -0.2) is 0 Å². The first-order chi connectivity index (χ1) is 11.4. The number of amides is 1. The Hall–Kier alpha value is -2.05. The Morgan fingerprint density at radius 1 is 1.12 bits per heavy atom. The number of alkyl halides is 3. The minimum absolute atomic E-state index is 0.104. The number of Topliss-reactive ketones (excluding diaryl/α,β-unsaturated/α-hetero) is 1. The van der Waals surface area contributed by atoms with Crippen LogP contribution in [0.3, 0.4) is 0 Å². The molecule has 1 aromatic rings. The number of carbonyl (C=O) groups is 2. The maximum Gasteiger partial charge on any atom is 0.573 e. The third-order valence-electron chi connectivity index (χ3n) is 6.49. The number of halogens is 3. The molecule has 2 saturated carbocycles. The molecule has 2 aliphatic rings. The smallest absolute Gasteiger partial charge is 0.406 e. The number of benzene rings is 1. The Kier molecular flexibility index (Phi) is 3.71. The first-order valence-corrected chi connectivity index (χ1v) is 8.12. The third-order valence-corrected chi connectivity index (χ3v) is 6.49. The van der Waals surface area contributed by atoms with Gasteiger partial charge in [0.2, 0.25) is 5.91 Å². The molecule has 0 spiro atoms. The number of ketones is 1. The van der Waals surface area contributed by atoms with Crippen molar-refractivity contribution in [3.8, 4) is 5.75 Å². The predicted octanol–water partition coefficient (Wildman–Crippen LogP) is 4.31. The van der Waals surface area contributed by atoms with Crippen molar-refractivity contribution < 1.29 is 27.5 Å². The maximum atomic E-state index is 12.9. The third kappa shape index (κ3) is 2.51. The number of carbonyl (C=O) groups excluding carboxylic acids is 2. The molecule has 0 saturated heterocycles. The molecular formula is C18H20F3NO3. The van der Waals surface area contributed by atoms with E-state index in [1.54, 1.807) is 0 Å². The average molecular weight is 355 g/mol. The van der Waals surface area contributed by atoms with E-state index in [9.17, 15) is 22.8 Å². The van der Waals surface area contributed by atoms with Gasteiger partial charge in [0.1, 0.15) is 11.5 Å². The molecular weight excluding hydrogens is 335 g/mol. The molecule has 136 valence electrons. The zero-order valence-corrected chi connectivity index (χ0v) is 14.3. The summed E-state index contributed by atoms with van der Waals surface area (Å²) in [6.07, 6.45) is -3.25. The number of hydrogen-bond acceptors (Lipinski definition) is 3. The normalized spacial score (nSPS) is 30.4. The zero-order chi connectivity index (χ0) is 18.7. The van der Waals surface area contributed by atoms with Gasteiger partial charge in [-0.1, -0.05) is 20.8 Å². The zero-order valence-electron chi connectivity index (χ0n) is 14.3. The Balaban J connectivity index is 1.78. The summed E-state index contributed by atoms with van der Waals surface area (Å²) in [7, 11) is 0. The number of nitrogens with one attached hydrogen (secondary N) is 1. The van der Waals surface area contributed by atoms with Crippen LogP contribution in [0.25, 0.3) is 0 Å². The van der Waals surface area contributed by atoms with Gasteiger partial charge in [0.25, 0.3) is 0 Å². The minimum atomic E-state index is -4.76. The molecule has 1 N–H and O–H groups in total. The van der Waals surface area contributed by atoms with Gasteiger partial charge >= 0.3 is 6.36 Å². The summed E-state index contributed by atoms with van der Waals surface area (Å²) >= 11 is 0. The molecule has 7 heteroatoms. The van der Waals surface area contributed by atoms with Gasteiger partial charge in [0.15, 0.2) is 0 Å². The van der Waals surface area contributed by atoms with Gasteiger partial charge in [0.05, 0.1) is 5.41 Å². The van der Waals surface area contributed by atoms with E-state index in [4.69, 9.17) is 0 Å². The fourth-order valence-electron chi connectivity index (χ4n) is 4.35. The van der Waals surface area contributed by atoms with E-state index < -0.39 is 22.6 Å². The summed E-state index contributed by atoms with van der Waals surface area (Å²) in [4.78, 5) is 25.3. The largest absolute Gasteiger partial charge is 0.573 e. The molecule has 0 radical (unpaired) electrons. The second-order valence-electron chi connectivity index (χ2n) is 7.67. The molecule has 0 aromatic heterocycles. The lowest BCUT2D eigenvalue weighted by molar-refractivity contribution is -0.274.